The summed E-state index contributed by atoms with van der Waals surface area (Å²) in [4.78, 5) is 27.1. The number of amides is 2. The maximum absolute atomic E-state index is 12.6. The highest BCUT2D eigenvalue weighted by Gasteiger charge is 2.48. The minimum absolute atomic E-state index is 0.0236. The van der Waals surface area contributed by atoms with Gasteiger partial charge in [-0.2, -0.15) is 13.2 Å². The van der Waals surface area contributed by atoms with E-state index in [4.69, 9.17) is 5.73 Å². The molecule has 0 saturated carbocycles. The Morgan fingerprint density at radius 1 is 1.00 bits per heavy atom. The van der Waals surface area contributed by atoms with Crippen LogP contribution in [0.4, 0.5) is 18.0 Å². The number of benzene rings is 2. The molecule has 1 atom stereocenters. The summed E-state index contributed by atoms with van der Waals surface area (Å²) in [6.45, 7) is 1.22. The first-order valence-electron chi connectivity index (χ1n) is 7.79. The van der Waals surface area contributed by atoms with Gasteiger partial charge in [0.25, 0.3) is 0 Å². The molecule has 0 aromatic heterocycles. The number of carbonyl (C=O) groups is 2. The minimum Gasteiger partial charge on any atom is -0.378 e. The van der Waals surface area contributed by atoms with Crippen LogP contribution in [0.2, 0.25) is 0 Å². The van der Waals surface area contributed by atoms with Gasteiger partial charge in [-0.15, -0.1) is 5.06 Å². The van der Waals surface area contributed by atoms with Crippen LogP contribution in [0.3, 0.4) is 0 Å². The van der Waals surface area contributed by atoms with Crippen LogP contribution < -0.4 is 5.73 Å². The molecule has 0 saturated heterocycles. The lowest BCUT2D eigenvalue weighted by atomic mass is 9.80. The van der Waals surface area contributed by atoms with Crippen LogP contribution in [0.1, 0.15) is 18.1 Å². The summed E-state index contributed by atoms with van der Waals surface area (Å²) in [5.74, 6) is -2.63. The minimum atomic E-state index is -5.34. The molecule has 0 fully saturated rings. The predicted octanol–water partition coefficient (Wildman–Crippen LogP) is 2.71. The molecule has 3 N–H and O–H groups in total. The van der Waals surface area contributed by atoms with Crippen molar-refractivity contribution >= 4 is 12.0 Å². The molecule has 2 aromatic rings. The van der Waals surface area contributed by atoms with Gasteiger partial charge in [-0.3, -0.25) is 0 Å². The molecule has 0 aliphatic rings. The average Bonchev–Trinajstić information content (AvgIpc) is 2.65. The number of nitrogens with zero attached hydrogens (tertiary/aromatic N) is 1. The van der Waals surface area contributed by atoms with Gasteiger partial charge >= 0.3 is 18.2 Å². The fraction of sp³-hybridized carbons (Fsp3) is 0.222. The zero-order chi connectivity index (χ0) is 20.2. The number of halogens is 3. The highest BCUT2D eigenvalue weighted by Crippen LogP contribution is 2.36. The van der Waals surface area contributed by atoms with Crippen LogP contribution in [-0.2, 0) is 15.2 Å². The van der Waals surface area contributed by atoms with Crippen molar-refractivity contribution in [1.82, 2.24) is 5.06 Å². The van der Waals surface area contributed by atoms with Crippen molar-refractivity contribution in [3.8, 4) is 0 Å². The number of aliphatic hydroxyl groups is 1. The Bertz CT molecular complexity index is 758. The van der Waals surface area contributed by atoms with Gasteiger partial charge in [-0.05, 0) is 18.1 Å². The van der Waals surface area contributed by atoms with Gasteiger partial charge < -0.3 is 15.7 Å². The number of hydroxylamine groups is 2. The van der Waals surface area contributed by atoms with E-state index >= 15 is 0 Å². The second-order valence-electron chi connectivity index (χ2n) is 5.71. The first kappa shape index (κ1) is 20.2. The van der Waals surface area contributed by atoms with Crippen molar-refractivity contribution in [3.05, 3.63) is 71.8 Å². The molecule has 2 amide bonds. The fourth-order valence-corrected chi connectivity index (χ4v) is 2.66. The van der Waals surface area contributed by atoms with Crippen LogP contribution in [0.15, 0.2) is 60.7 Å². The molecular weight excluding hydrogens is 365 g/mol. The first-order valence-corrected chi connectivity index (χ1v) is 7.79. The molecule has 2 aromatic carbocycles. The van der Waals surface area contributed by atoms with Crippen molar-refractivity contribution in [3.63, 3.8) is 0 Å². The number of alkyl halides is 3. The summed E-state index contributed by atoms with van der Waals surface area (Å²) < 4.78 is 37.7. The van der Waals surface area contributed by atoms with E-state index in [1.165, 1.54) is 31.2 Å². The van der Waals surface area contributed by atoms with Crippen molar-refractivity contribution < 1.29 is 32.7 Å². The van der Waals surface area contributed by atoms with Crippen molar-refractivity contribution in [2.24, 2.45) is 5.73 Å². The van der Waals surface area contributed by atoms with E-state index in [0.717, 1.165) is 0 Å². The smallest absolute Gasteiger partial charge is 0.378 e. The van der Waals surface area contributed by atoms with E-state index in [9.17, 15) is 27.9 Å². The summed E-state index contributed by atoms with van der Waals surface area (Å²) in [6, 6.07) is 12.9. The third kappa shape index (κ3) is 4.20. The van der Waals surface area contributed by atoms with Gasteiger partial charge in [0.2, 0.25) is 0 Å². The summed E-state index contributed by atoms with van der Waals surface area (Å²) in [6.07, 6.45) is -5.34. The molecule has 9 heteroatoms. The lowest BCUT2D eigenvalue weighted by molar-refractivity contribution is -0.240. The highest BCUT2D eigenvalue weighted by molar-refractivity contribution is 5.79. The van der Waals surface area contributed by atoms with E-state index in [1.54, 1.807) is 36.4 Å². The molecule has 0 spiro atoms. The van der Waals surface area contributed by atoms with Gasteiger partial charge in [0.1, 0.15) is 11.6 Å². The number of carbonyl (C=O) groups excluding carboxylic acids is 2. The molecule has 0 aliphatic heterocycles. The predicted molar refractivity (Wildman–Crippen MR) is 88.9 cm³/mol. The van der Waals surface area contributed by atoms with Crippen LogP contribution in [0.25, 0.3) is 0 Å². The third-order valence-corrected chi connectivity index (χ3v) is 4.01. The topological polar surface area (TPSA) is 92.9 Å². The van der Waals surface area contributed by atoms with Gasteiger partial charge in [0, 0.05) is 0 Å². The van der Waals surface area contributed by atoms with Gasteiger partial charge in [0.15, 0.2) is 0 Å². The van der Waals surface area contributed by atoms with E-state index in [0.29, 0.717) is 0 Å². The Morgan fingerprint density at radius 2 is 1.41 bits per heavy atom. The van der Waals surface area contributed by atoms with E-state index in [-0.39, 0.29) is 16.2 Å². The first-order chi connectivity index (χ1) is 12.6. The molecule has 0 aliphatic carbocycles. The largest absolute Gasteiger partial charge is 0.493 e. The summed E-state index contributed by atoms with van der Waals surface area (Å²) in [7, 11) is 0. The normalized spacial score (nSPS) is 12.9. The molecule has 6 nitrogen and oxygen atoms in total. The van der Waals surface area contributed by atoms with Crippen molar-refractivity contribution in [2.45, 2.75) is 24.7 Å². The number of hydrogen-bond donors (Lipinski definition) is 2. The average molecular weight is 382 g/mol. The molecule has 27 heavy (non-hydrogen) atoms. The molecule has 0 radical (unpaired) electrons. The molecule has 0 unspecified atom stereocenters. The molecule has 2 rings (SSSR count). The summed E-state index contributed by atoms with van der Waals surface area (Å²) in [5.41, 5.74) is 3.63. The summed E-state index contributed by atoms with van der Waals surface area (Å²) in [5, 5.41) is 11.5. The number of primary amides is 1. The maximum Gasteiger partial charge on any atom is 0.493 e. The quantitative estimate of drug-likeness (QED) is 0.796. The maximum atomic E-state index is 12.6. The van der Waals surface area contributed by atoms with Crippen LogP contribution >= 0.6 is 0 Å². The van der Waals surface area contributed by atoms with Gasteiger partial charge in [-0.1, -0.05) is 60.7 Å². The SMILES string of the molecule is C[C@H](N(OC(=O)C(F)(F)F)C(N)=O)C(O)(c1ccccc1)c1ccccc1. The third-order valence-electron chi connectivity index (χ3n) is 4.01. The fourth-order valence-electron chi connectivity index (χ4n) is 2.66. The molecular formula is C18H17F3N2O4. The zero-order valence-corrected chi connectivity index (χ0v) is 14.2. The molecule has 144 valence electrons. The zero-order valence-electron chi connectivity index (χ0n) is 14.2. The number of hydrogen-bond acceptors (Lipinski definition) is 4. The second kappa shape index (κ2) is 7.67. The van der Waals surface area contributed by atoms with Crippen molar-refractivity contribution in [1.29, 1.82) is 0 Å². The Morgan fingerprint density at radius 3 is 1.74 bits per heavy atom. The van der Waals surface area contributed by atoms with E-state index in [2.05, 4.69) is 4.84 Å². The number of nitrogens with two attached hydrogens (primary N) is 1. The van der Waals surface area contributed by atoms with Crippen LogP contribution in [0.5, 0.6) is 0 Å². The monoisotopic (exact) mass is 382 g/mol. The standard InChI is InChI=1S/C18H17F3N2O4/c1-12(23(16(22)25)27-15(24)18(19,20)21)17(26,13-8-4-2-5-9-13)14-10-6-3-7-11-14/h2-12,26H,1H3,(H2,22,25)/t12-/m0/s1. The second-order valence-corrected chi connectivity index (χ2v) is 5.71. The van der Waals surface area contributed by atoms with Crippen LogP contribution in [-0.4, -0.2) is 34.4 Å². The lowest BCUT2D eigenvalue weighted by Gasteiger charge is -2.39. The summed E-state index contributed by atoms with van der Waals surface area (Å²) >= 11 is 0. The Labute approximate surface area is 152 Å². The Hall–Kier alpha value is -3.07. The van der Waals surface area contributed by atoms with E-state index < -0.39 is 29.8 Å². The Kier molecular flexibility index (Phi) is 5.75. The lowest BCUT2D eigenvalue weighted by Crippen LogP contribution is -2.55. The van der Waals surface area contributed by atoms with Crippen molar-refractivity contribution in [2.75, 3.05) is 0 Å². The number of urea groups is 1. The van der Waals surface area contributed by atoms with Gasteiger partial charge in [-0.25, -0.2) is 9.59 Å². The molecule has 0 bridgehead atoms. The number of rotatable bonds is 4. The van der Waals surface area contributed by atoms with Gasteiger partial charge in [0.05, 0.1) is 0 Å². The Balaban J connectivity index is 2.54. The molecule has 0 heterocycles. The van der Waals surface area contributed by atoms with Crippen LogP contribution in [0, 0.1) is 0 Å². The van der Waals surface area contributed by atoms with E-state index in [1.807, 2.05) is 0 Å². The highest BCUT2D eigenvalue weighted by atomic mass is 19.4.